The first kappa shape index (κ1) is 23.1. The summed E-state index contributed by atoms with van der Waals surface area (Å²) >= 11 is 6.30. The quantitative estimate of drug-likeness (QED) is 0.616. The van der Waals surface area contributed by atoms with Crippen molar-refractivity contribution in [2.75, 3.05) is 6.54 Å². The van der Waals surface area contributed by atoms with Crippen molar-refractivity contribution in [3.63, 3.8) is 0 Å². The third-order valence-electron chi connectivity index (χ3n) is 4.33. The molecule has 0 unspecified atom stereocenters. The third-order valence-corrected chi connectivity index (χ3v) is 5.98. The van der Waals surface area contributed by atoms with Gasteiger partial charge in [0.1, 0.15) is 4.91 Å². The fourth-order valence-electron chi connectivity index (χ4n) is 2.79. The summed E-state index contributed by atoms with van der Waals surface area (Å²) in [6, 6.07) is 4.65. The van der Waals surface area contributed by atoms with Crippen LogP contribution in [0.3, 0.4) is 0 Å². The lowest BCUT2D eigenvalue weighted by Crippen LogP contribution is -2.42. The van der Waals surface area contributed by atoms with Gasteiger partial charge in [-0.05, 0) is 39.3 Å². The van der Waals surface area contributed by atoms with Crippen molar-refractivity contribution >= 4 is 44.0 Å². The molecule has 2 aliphatic rings. The SMILES string of the molecule is Cc1ccc(C2=C(OC(=O)C(C)(C)C)C3=NC=CN(CC(F)F)C3=NS2(=O)=O)c(Cl)c1. The van der Waals surface area contributed by atoms with Crippen molar-refractivity contribution in [1.29, 1.82) is 0 Å². The lowest BCUT2D eigenvalue weighted by Gasteiger charge is -2.30. The minimum absolute atomic E-state index is 0.0597. The zero-order chi connectivity index (χ0) is 23.1. The maximum atomic E-state index is 13.2. The second kappa shape index (κ2) is 8.16. The third kappa shape index (κ3) is 4.69. The summed E-state index contributed by atoms with van der Waals surface area (Å²) < 4.78 is 61.6. The van der Waals surface area contributed by atoms with Crippen LogP contribution in [0.15, 0.2) is 45.7 Å². The van der Waals surface area contributed by atoms with Crippen molar-refractivity contribution in [1.82, 2.24) is 4.90 Å². The van der Waals surface area contributed by atoms with Crippen LogP contribution in [-0.4, -0.2) is 43.8 Å². The minimum Gasteiger partial charge on any atom is -0.422 e. The predicted octanol–water partition coefficient (Wildman–Crippen LogP) is 4.14. The molecule has 3 rings (SSSR count). The standard InChI is InChI=1S/C20H20ClF2N3O4S/c1-11-5-6-12(13(21)9-11)17-16(30-19(27)20(2,3)4)15-18(25-31(17,28)29)26(8-7-24-15)10-14(22)23/h5-9,14H,10H2,1-4H3. The van der Waals surface area contributed by atoms with E-state index in [0.29, 0.717) is 0 Å². The van der Waals surface area contributed by atoms with E-state index in [1.807, 2.05) is 0 Å². The smallest absolute Gasteiger partial charge is 0.316 e. The number of carbonyl (C=O) groups is 1. The maximum Gasteiger partial charge on any atom is 0.316 e. The summed E-state index contributed by atoms with van der Waals surface area (Å²) in [5.74, 6) is -1.50. The van der Waals surface area contributed by atoms with Gasteiger partial charge in [-0.2, -0.15) is 8.42 Å². The molecular weight excluding hydrogens is 452 g/mol. The first-order valence-electron chi connectivity index (χ1n) is 9.19. The van der Waals surface area contributed by atoms with Crippen molar-refractivity contribution in [3.05, 3.63) is 52.5 Å². The van der Waals surface area contributed by atoms with E-state index in [1.54, 1.807) is 39.8 Å². The molecule has 31 heavy (non-hydrogen) atoms. The average molecular weight is 472 g/mol. The molecule has 1 aromatic carbocycles. The van der Waals surface area contributed by atoms with Crippen molar-refractivity contribution < 1.29 is 26.7 Å². The molecule has 0 N–H and O–H groups in total. The number of ether oxygens (including phenoxy) is 1. The molecular formula is C20H20ClF2N3O4S. The Labute approximate surface area is 183 Å². The number of benzene rings is 1. The van der Waals surface area contributed by atoms with Gasteiger partial charge in [-0.1, -0.05) is 23.7 Å². The number of aryl methyl sites for hydroxylation is 1. The van der Waals surface area contributed by atoms with Crippen LogP contribution < -0.4 is 0 Å². The highest BCUT2D eigenvalue weighted by Crippen LogP contribution is 2.38. The number of aliphatic imine (C=N–C) groups is 1. The number of amidine groups is 1. The Morgan fingerprint density at radius 2 is 1.97 bits per heavy atom. The zero-order valence-electron chi connectivity index (χ0n) is 17.2. The van der Waals surface area contributed by atoms with Crippen molar-refractivity contribution in [2.24, 2.45) is 14.8 Å². The van der Waals surface area contributed by atoms with Crippen LogP contribution in [0.5, 0.6) is 0 Å². The van der Waals surface area contributed by atoms with Gasteiger partial charge in [-0.25, -0.2) is 13.8 Å². The normalized spacial score (nSPS) is 18.0. The Bertz CT molecular complexity index is 1170. The van der Waals surface area contributed by atoms with Gasteiger partial charge < -0.3 is 9.64 Å². The molecule has 2 heterocycles. The number of carbonyl (C=O) groups excluding carboxylic acids is 1. The van der Waals surface area contributed by atoms with Gasteiger partial charge in [0, 0.05) is 23.0 Å². The summed E-state index contributed by atoms with van der Waals surface area (Å²) in [5.41, 5.74) is -0.297. The lowest BCUT2D eigenvalue weighted by atomic mass is 9.97. The predicted molar refractivity (Wildman–Crippen MR) is 114 cm³/mol. The van der Waals surface area contributed by atoms with E-state index in [2.05, 4.69) is 9.39 Å². The number of sulfonamides is 1. The van der Waals surface area contributed by atoms with Crippen LogP contribution >= 0.6 is 11.6 Å². The molecule has 0 amide bonds. The summed E-state index contributed by atoms with van der Waals surface area (Å²) in [6.07, 6.45) is -0.391. The molecule has 0 saturated heterocycles. The van der Waals surface area contributed by atoms with Gasteiger partial charge in [0.2, 0.25) is 0 Å². The van der Waals surface area contributed by atoms with Crippen LogP contribution in [0.4, 0.5) is 8.78 Å². The zero-order valence-corrected chi connectivity index (χ0v) is 18.8. The number of esters is 1. The Kier molecular flexibility index (Phi) is 6.07. The molecule has 7 nitrogen and oxygen atoms in total. The van der Waals surface area contributed by atoms with Gasteiger partial charge in [0.25, 0.3) is 16.4 Å². The lowest BCUT2D eigenvalue weighted by molar-refractivity contribution is -0.147. The number of nitrogens with zero attached hydrogens (tertiary/aromatic N) is 3. The van der Waals surface area contributed by atoms with Crippen LogP contribution in [0.1, 0.15) is 31.9 Å². The highest BCUT2D eigenvalue weighted by atomic mass is 35.5. The first-order valence-corrected chi connectivity index (χ1v) is 11.0. The van der Waals surface area contributed by atoms with Gasteiger partial charge in [0.05, 0.1) is 12.0 Å². The fourth-order valence-corrected chi connectivity index (χ4v) is 4.52. The Morgan fingerprint density at radius 3 is 2.55 bits per heavy atom. The van der Waals surface area contributed by atoms with Gasteiger partial charge in [-0.15, -0.1) is 4.40 Å². The minimum atomic E-state index is -4.49. The number of hydrogen-bond donors (Lipinski definition) is 0. The summed E-state index contributed by atoms with van der Waals surface area (Å²) in [5, 5.41) is 0.0953. The topological polar surface area (TPSA) is 88.4 Å². The van der Waals surface area contributed by atoms with E-state index in [9.17, 15) is 22.0 Å². The monoisotopic (exact) mass is 471 g/mol. The Hall–Kier alpha value is -2.59. The van der Waals surface area contributed by atoms with E-state index < -0.39 is 45.0 Å². The Morgan fingerprint density at radius 1 is 1.29 bits per heavy atom. The van der Waals surface area contributed by atoms with E-state index in [4.69, 9.17) is 16.3 Å². The van der Waals surface area contributed by atoms with Gasteiger partial charge in [-0.3, -0.25) is 4.79 Å². The molecule has 0 radical (unpaired) electrons. The number of alkyl halides is 2. The Balaban J connectivity index is 2.28. The van der Waals surface area contributed by atoms with Crippen molar-refractivity contribution in [3.8, 4) is 0 Å². The average Bonchev–Trinajstić information content (AvgIpc) is 2.62. The summed E-state index contributed by atoms with van der Waals surface area (Å²) in [6.45, 7) is 5.73. The summed E-state index contributed by atoms with van der Waals surface area (Å²) in [7, 11) is -4.49. The number of halogens is 3. The second-order valence-electron chi connectivity index (χ2n) is 7.99. The number of hydrogen-bond acceptors (Lipinski definition) is 6. The molecule has 166 valence electrons. The first-order chi connectivity index (χ1) is 14.3. The molecule has 0 bridgehead atoms. The van der Waals surface area contributed by atoms with Crippen LogP contribution in [0.2, 0.25) is 5.02 Å². The molecule has 0 aliphatic carbocycles. The molecule has 2 aliphatic heterocycles. The summed E-state index contributed by atoms with van der Waals surface area (Å²) in [4.78, 5) is 17.2. The molecule has 1 aromatic rings. The fraction of sp³-hybridized carbons (Fsp3) is 0.350. The second-order valence-corrected chi connectivity index (χ2v) is 9.94. The van der Waals surface area contributed by atoms with Crippen LogP contribution in [0.25, 0.3) is 4.91 Å². The number of rotatable bonds is 4. The van der Waals surface area contributed by atoms with E-state index in [1.165, 1.54) is 18.5 Å². The maximum absolute atomic E-state index is 13.2. The molecule has 0 fully saturated rings. The highest BCUT2D eigenvalue weighted by Gasteiger charge is 2.41. The van der Waals surface area contributed by atoms with E-state index in [-0.39, 0.29) is 22.1 Å². The van der Waals surface area contributed by atoms with E-state index >= 15 is 0 Å². The van der Waals surface area contributed by atoms with Gasteiger partial charge in [0.15, 0.2) is 17.3 Å². The van der Waals surface area contributed by atoms with Crippen molar-refractivity contribution in [2.45, 2.75) is 34.1 Å². The molecule has 0 saturated carbocycles. The largest absolute Gasteiger partial charge is 0.422 e. The van der Waals surface area contributed by atoms with Crippen LogP contribution in [-0.2, 0) is 19.6 Å². The molecule has 0 aromatic heterocycles. The molecule has 11 heteroatoms. The number of fused-ring (bicyclic) bond motifs is 1. The van der Waals surface area contributed by atoms with E-state index in [0.717, 1.165) is 10.5 Å². The van der Waals surface area contributed by atoms with Gasteiger partial charge >= 0.3 is 5.97 Å². The molecule has 0 spiro atoms. The molecule has 0 atom stereocenters. The van der Waals surface area contributed by atoms with Crippen LogP contribution in [0, 0.1) is 12.3 Å². The highest BCUT2D eigenvalue weighted by molar-refractivity contribution is 7.99.